The largest absolute Gasteiger partial charge is 0.507 e. The van der Waals surface area contributed by atoms with Gasteiger partial charge in [-0.2, -0.15) is 0 Å². The summed E-state index contributed by atoms with van der Waals surface area (Å²) in [5, 5.41) is 81.6. The molecule has 2 heterocycles. The number of rotatable bonds is 6. The lowest BCUT2D eigenvalue weighted by molar-refractivity contribution is -0.307. The molecule has 0 radical (unpaired) electrons. The van der Waals surface area contributed by atoms with Gasteiger partial charge in [-0.15, -0.1) is 0 Å². The normalized spacial score (nSPS) is 33.8. The summed E-state index contributed by atoms with van der Waals surface area (Å²) in [4.78, 5) is 26.2. The second kappa shape index (κ2) is 11.1. The van der Waals surface area contributed by atoms with E-state index < -0.39 is 85.8 Å². The Morgan fingerprint density at radius 3 is 2.15 bits per heavy atom. The molecular formula is C26H28O14. The number of fused-ring (bicyclic) bond motifs is 2. The highest BCUT2D eigenvalue weighted by molar-refractivity contribution is 6.29. The van der Waals surface area contributed by atoms with Crippen molar-refractivity contribution < 1.29 is 69.4 Å². The Morgan fingerprint density at radius 1 is 0.825 bits per heavy atom. The molecule has 216 valence electrons. The zero-order valence-corrected chi connectivity index (χ0v) is 20.7. The van der Waals surface area contributed by atoms with Crippen LogP contribution in [0.2, 0.25) is 0 Å². The second-order valence-corrected chi connectivity index (χ2v) is 9.70. The van der Waals surface area contributed by atoms with Crippen LogP contribution in [-0.4, -0.2) is 121 Å². The Labute approximate surface area is 226 Å². The van der Waals surface area contributed by atoms with E-state index in [1.54, 1.807) is 12.1 Å². The summed E-state index contributed by atoms with van der Waals surface area (Å²) in [7, 11) is 0. The number of aromatic hydroxyl groups is 1. The van der Waals surface area contributed by atoms with Gasteiger partial charge in [0.05, 0.1) is 30.9 Å². The standard InChI is InChI=1S/C26H28O14/c27-6-12-14(5-11-16(19(12)31)18(30)10-4-2-1-3-9(10)17(11)29)39-26-24(36)22(34)21(33)15(40-26)8-38-25-23(35)20(32)13(28)7-37-25/h1-5,13,15,20-28,31-36H,6-8H2. The van der Waals surface area contributed by atoms with Gasteiger partial charge in [0.1, 0.15) is 54.2 Å². The van der Waals surface area contributed by atoms with Gasteiger partial charge in [0.15, 0.2) is 17.9 Å². The minimum atomic E-state index is -1.86. The van der Waals surface area contributed by atoms with E-state index in [-0.39, 0.29) is 40.2 Å². The minimum absolute atomic E-state index is 0.0768. The molecule has 0 saturated carbocycles. The third-order valence-electron chi connectivity index (χ3n) is 7.20. The van der Waals surface area contributed by atoms with E-state index >= 15 is 0 Å². The highest BCUT2D eigenvalue weighted by Gasteiger charge is 2.47. The van der Waals surface area contributed by atoms with Crippen molar-refractivity contribution in [2.45, 2.75) is 61.9 Å². The average Bonchev–Trinajstić information content (AvgIpc) is 2.95. The maximum atomic E-state index is 13.1. The molecule has 40 heavy (non-hydrogen) atoms. The summed E-state index contributed by atoms with van der Waals surface area (Å²) in [6.45, 7) is -1.73. The Bertz CT molecular complexity index is 1300. The van der Waals surface area contributed by atoms with Crippen molar-refractivity contribution in [2.75, 3.05) is 13.2 Å². The third kappa shape index (κ3) is 4.77. The fourth-order valence-electron chi connectivity index (χ4n) is 4.90. The Morgan fingerprint density at radius 2 is 1.48 bits per heavy atom. The minimum Gasteiger partial charge on any atom is -0.507 e. The molecule has 9 unspecified atom stereocenters. The number of hydrogen-bond donors (Lipinski definition) is 8. The summed E-state index contributed by atoms with van der Waals surface area (Å²) in [5.41, 5.74) is -0.673. The van der Waals surface area contributed by atoms with Crippen LogP contribution in [0, 0.1) is 0 Å². The first-order valence-electron chi connectivity index (χ1n) is 12.4. The van der Waals surface area contributed by atoms with Gasteiger partial charge in [-0.3, -0.25) is 9.59 Å². The van der Waals surface area contributed by atoms with Gasteiger partial charge in [-0.25, -0.2) is 0 Å². The van der Waals surface area contributed by atoms with Gasteiger partial charge in [0.25, 0.3) is 0 Å². The molecule has 2 fully saturated rings. The molecule has 2 aliphatic heterocycles. The lowest BCUT2D eigenvalue weighted by Gasteiger charge is -2.41. The molecule has 9 atom stereocenters. The van der Waals surface area contributed by atoms with E-state index in [0.29, 0.717) is 0 Å². The number of carbonyl (C=O) groups is 2. The van der Waals surface area contributed by atoms with Crippen molar-refractivity contribution in [2.24, 2.45) is 0 Å². The first-order chi connectivity index (χ1) is 19.0. The first-order valence-corrected chi connectivity index (χ1v) is 12.4. The molecule has 14 nitrogen and oxygen atoms in total. The molecule has 0 amide bonds. The quantitative estimate of drug-likeness (QED) is 0.152. The van der Waals surface area contributed by atoms with E-state index in [1.165, 1.54) is 12.1 Å². The number of aliphatic hydroxyl groups excluding tert-OH is 7. The van der Waals surface area contributed by atoms with Crippen molar-refractivity contribution in [1.29, 1.82) is 0 Å². The van der Waals surface area contributed by atoms with Crippen LogP contribution >= 0.6 is 0 Å². The molecule has 0 bridgehead atoms. The number of ether oxygens (including phenoxy) is 4. The predicted molar refractivity (Wildman–Crippen MR) is 128 cm³/mol. The molecule has 2 aromatic rings. The molecule has 14 heteroatoms. The first kappa shape index (κ1) is 28.5. The van der Waals surface area contributed by atoms with E-state index in [9.17, 15) is 50.4 Å². The Hall–Kier alpha value is -3.02. The molecule has 3 aliphatic rings. The van der Waals surface area contributed by atoms with Gasteiger partial charge in [-0.1, -0.05) is 24.3 Å². The van der Waals surface area contributed by atoms with Crippen LogP contribution in [0.4, 0.5) is 0 Å². The van der Waals surface area contributed by atoms with Crippen LogP contribution in [0.3, 0.4) is 0 Å². The van der Waals surface area contributed by atoms with E-state index in [0.717, 1.165) is 6.07 Å². The highest BCUT2D eigenvalue weighted by atomic mass is 16.7. The number of carbonyl (C=O) groups excluding carboxylic acids is 2. The number of benzene rings is 2. The third-order valence-corrected chi connectivity index (χ3v) is 7.20. The molecule has 2 saturated heterocycles. The monoisotopic (exact) mass is 564 g/mol. The molecule has 0 aromatic heterocycles. The van der Waals surface area contributed by atoms with Crippen LogP contribution < -0.4 is 4.74 Å². The molecule has 8 N–H and O–H groups in total. The van der Waals surface area contributed by atoms with Crippen LogP contribution in [-0.2, 0) is 20.8 Å². The molecule has 0 spiro atoms. The fourth-order valence-corrected chi connectivity index (χ4v) is 4.90. The Kier molecular flexibility index (Phi) is 7.91. The summed E-state index contributed by atoms with van der Waals surface area (Å²) >= 11 is 0. The topological polar surface area (TPSA) is 233 Å². The van der Waals surface area contributed by atoms with Crippen molar-refractivity contribution in [3.05, 3.63) is 58.1 Å². The molecule has 1 aliphatic carbocycles. The van der Waals surface area contributed by atoms with Gasteiger partial charge in [0, 0.05) is 16.7 Å². The van der Waals surface area contributed by atoms with Crippen molar-refractivity contribution >= 4 is 11.6 Å². The van der Waals surface area contributed by atoms with Crippen molar-refractivity contribution in [3.63, 3.8) is 0 Å². The highest BCUT2D eigenvalue weighted by Crippen LogP contribution is 2.41. The molecule has 2 aromatic carbocycles. The van der Waals surface area contributed by atoms with Gasteiger partial charge in [-0.05, 0) is 6.07 Å². The van der Waals surface area contributed by atoms with E-state index in [2.05, 4.69) is 0 Å². The fraction of sp³-hybridized carbons (Fsp3) is 0.462. The maximum Gasteiger partial charge on any atom is 0.229 e. The number of aliphatic hydroxyl groups is 7. The second-order valence-electron chi connectivity index (χ2n) is 9.70. The molecule has 5 rings (SSSR count). The number of hydrogen-bond acceptors (Lipinski definition) is 14. The van der Waals surface area contributed by atoms with Crippen LogP contribution in [0.5, 0.6) is 11.5 Å². The average molecular weight is 564 g/mol. The SMILES string of the molecule is O=C1c2ccccc2C(=O)c2c1cc(OC1OC(COC3OCC(O)C(O)C3O)C(O)C(O)C1O)c(CO)c2O. The van der Waals surface area contributed by atoms with Gasteiger partial charge in [0.2, 0.25) is 6.29 Å². The predicted octanol–water partition coefficient (Wildman–Crippen LogP) is -2.70. The lowest BCUT2D eigenvalue weighted by atomic mass is 9.82. The van der Waals surface area contributed by atoms with Crippen LogP contribution in [0.15, 0.2) is 30.3 Å². The number of phenols is 1. The zero-order chi connectivity index (χ0) is 28.9. The van der Waals surface area contributed by atoms with Gasteiger partial charge < -0.3 is 59.8 Å². The maximum absolute atomic E-state index is 13.1. The zero-order valence-electron chi connectivity index (χ0n) is 20.7. The summed E-state index contributed by atoms with van der Waals surface area (Å²) in [6, 6.07) is 7.11. The van der Waals surface area contributed by atoms with Crippen molar-refractivity contribution in [1.82, 2.24) is 0 Å². The van der Waals surface area contributed by atoms with E-state index in [1.807, 2.05) is 0 Å². The van der Waals surface area contributed by atoms with Gasteiger partial charge >= 0.3 is 0 Å². The number of ketones is 2. The van der Waals surface area contributed by atoms with Crippen LogP contribution in [0.25, 0.3) is 0 Å². The molecular weight excluding hydrogens is 536 g/mol. The smallest absolute Gasteiger partial charge is 0.229 e. The Balaban J connectivity index is 1.39. The van der Waals surface area contributed by atoms with Crippen molar-refractivity contribution in [3.8, 4) is 11.5 Å². The van der Waals surface area contributed by atoms with Crippen LogP contribution in [0.1, 0.15) is 37.4 Å². The summed E-state index contributed by atoms with van der Waals surface area (Å²) < 4.78 is 21.7. The summed E-state index contributed by atoms with van der Waals surface area (Å²) in [5.74, 6) is -2.29. The lowest BCUT2D eigenvalue weighted by Crippen LogP contribution is -2.61. The van der Waals surface area contributed by atoms with E-state index in [4.69, 9.17) is 18.9 Å². The summed E-state index contributed by atoms with van der Waals surface area (Å²) in [6.07, 6.45) is -14.5.